The minimum Gasteiger partial charge on any atom is -0.454 e. The number of nitrogens with zero attached hydrogens (tertiary/aromatic N) is 1. The van der Waals surface area contributed by atoms with Crippen LogP contribution in [0.5, 0.6) is 11.5 Å². The van der Waals surface area contributed by atoms with Crippen molar-refractivity contribution in [1.82, 2.24) is 0 Å². The molecule has 0 aliphatic rings. The predicted molar refractivity (Wildman–Crippen MR) is 72.4 cm³/mol. The van der Waals surface area contributed by atoms with Crippen molar-refractivity contribution in [2.75, 3.05) is 0 Å². The Kier molecular flexibility index (Phi) is 3.76. The third-order valence-corrected chi connectivity index (χ3v) is 2.92. The van der Waals surface area contributed by atoms with Crippen molar-refractivity contribution in [2.45, 2.75) is 6.92 Å². The lowest BCUT2D eigenvalue weighted by molar-refractivity contribution is 0.481. The van der Waals surface area contributed by atoms with Crippen molar-refractivity contribution in [2.24, 2.45) is 0 Å². The number of halogens is 2. The number of benzene rings is 2. The van der Waals surface area contributed by atoms with Crippen LogP contribution in [0.15, 0.2) is 36.4 Å². The second kappa shape index (κ2) is 5.30. The van der Waals surface area contributed by atoms with Crippen LogP contribution in [0, 0.1) is 18.3 Å². The molecule has 0 saturated carbocycles. The molecule has 2 aromatic carbocycles. The fourth-order valence-electron chi connectivity index (χ4n) is 1.48. The van der Waals surface area contributed by atoms with Crippen molar-refractivity contribution in [1.29, 1.82) is 5.26 Å². The average Bonchev–Trinajstić information content (AvgIpc) is 2.34. The van der Waals surface area contributed by atoms with Crippen molar-refractivity contribution < 1.29 is 4.74 Å². The maximum atomic E-state index is 9.02. The first-order chi connectivity index (χ1) is 8.60. The quantitative estimate of drug-likeness (QED) is 0.777. The maximum absolute atomic E-state index is 9.02. The molecule has 0 aliphatic heterocycles. The Bertz CT molecular complexity index is 632. The molecule has 2 aromatic rings. The van der Waals surface area contributed by atoms with Crippen LogP contribution in [0.25, 0.3) is 0 Å². The largest absolute Gasteiger partial charge is 0.454 e. The van der Waals surface area contributed by atoms with Gasteiger partial charge in [0.2, 0.25) is 0 Å². The number of hydrogen-bond donors (Lipinski definition) is 0. The number of ether oxygens (including phenoxy) is 1. The van der Waals surface area contributed by atoms with Crippen LogP contribution in [0.1, 0.15) is 11.1 Å². The van der Waals surface area contributed by atoms with Crippen LogP contribution in [0.2, 0.25) is 10.0 Å². The van der Waals surface area contributed by atoms with E-state index in [2.05, 4.69) is 6.07 Å². The standard InChI is InChI=1S/C14H9Cl2NO/c1-9-2-3-10(8-17)13(6-9)18-14-7-11(15)4-5-12(14)16/h2-7H,1H3. The number of hydrogen-bond acceptors (Lipinski definition) is 2. The van der Waals surface area contributed by atoms with Gasteiger partial charge in [-0.15, -0.1) is 0 Å². The van der Waals surface area contributed by atoms with Crippen molar-refractivity contribution in [3.8, 4) is 17.6 Å². The molecule has 0 heterocycles. The first kappa shape index (κ1) is 12.8. The van der Waals surface area contributed by atoms with Gasteiger partial charge in [-0.05, 0) is 36.8 Å². The molecule has 4 heteroatoms. The van der Waals surface area contributed by atoms with Crippen molar-refractivity contribution in [3.05, 3.63) is 57.6 Å². The summed E-state index contributed by atoms with van der Waals surface area (Å²) in [6.45, 7) is 1.92. The molecule has 18 heavy (non-hydrogen) atoms. The Morgan fingerprint density at radius 2 is 1.83 bits per heavy atom. The minimum absolute atomic E-state index is 0.436. The molecule has 0 spiro atoms. The van der Waals surface area contributed by atoms with Gasteiger partial charge in [-0.25, -0.2) is 0 Å². The van der Waals surface area contributed by atoms with Crippen LogP contribution in [0.4, 0.5) is 0 Å². The highest BCUT2D eigenvalue weighted by atomic mass is 35.5. The number of nitriles is 1. The van der Waals surface area contributed by atoms with E-state index in [4.69, 9.17) is 33.2 Å². The lowest BCUT2D eigenvalue weighted by atomic mass is 10.1. The van der Waals surface area contributed by atoms with Crippen LogP contribution >= 0.6 is 23.2 Å². The SMILES string of the molecule is Cc1ccc(C#N)c(Oc2cc(Cl)ccc2Cl)c1. The van der Waals surface area contributed by atoms with E-state index in [0.29, 0.717) is 27.1 Å². The fourth-order valence-corrected chi connectivity index (χ4v) is 1.80. The molecular formula is C14H9Cl2NO. The van der Waals surface area contributed by atoms with E-state index in [1.165, 1.54) is 0 Å². The molecular weight excluding hydrogens is 269 g/mol. The Morgan fingerprint density at radius 3 is 2.56 bits per heavy atom. The maximum Gasteiger partial charge on any atom is 0.147 e. The van der Waals surface area contributed by atoms with E-state index in [0.717, 1.165) is 5.56 Å². The third kappa shape index (κ3) is 2.76. The normalized spacial score (nSPS) is 9.89. The molecule has 0 N–H and O–H groups in total. The van der Waals surface area contributed by atoms with E-state index in [1.54, 1.807) is 30.3 Å². The van der Waals surface area contributed by atoms with Gasteiger partial charge in [-0.1, -0.05) is 29.3 Å². The van der Waals surface area contributed by atoms with Gasteiger partial charge < -0.3 is 4.74 Å². The predicted octanol–water partition coefficient (Wildman–Crippen LogP) is 4.97. The Labute approximate surface area is 115 Å². The van der Waals surface area contributed by atoms with Gasteiger partial charge in [-0.3, -0.25) is 0 Å². The highest BCUT2D eigenvalue weighted by Gasteiger charge is 2.08. The second-order valence-corrected chi connectivity index (χ2v) is 4.63. The van der Waals surface area contributed by atoms with E-state index in [-0.39, 0.29) is 0 Å². The van der Waals surface area contributed by atoms with Crippen LogP contribution in [-0.2, 0) is 0 Å². The molecule has 0 radical (unpaired) electrons. The Morgan fingerprint density at radius 1 is 1.06 bits per heavy atom. The second-order valence-electron chi connectivity index (χ2n) is 3.79. The third-order valence-electron chi connectivity index (χ3n) is 2.37. The molecule has 0 aliphatic carbocycles. The Balaban J connectivity index is 2.43. The molecule has 0 bridgehead atoms. The lowest BCUT2D eigenvalue weighted by Crippen LogP contribution is -1.90. The molecule has 2 nitrogen and oxygen atoms in total. The van der Waals surface area contributed by atoms with Gasteiger partial charge in [0.05, 0.1) is 10.6 Å². The minimum atomic E-state index is 0.436. The summed E-state index contributed by atoms with van der Waals surface area (Å²) < 4.78 is 5.65. The molecule has 0 saturated heterocycles. The molecule has 0 atom stereocenters. The summed E-state index contributed by atoms with van der Waals surface area (Å²) in [6, 6.07) is 12.4. The number of aryl methyl sites for hydroxylation is 1. The zero-order valence-corrected chi connectivity index (χ0v) is 11.1. The van der Waals surface area contributed by atoms with E-state index < -0.39 is 0 Å². The smallest absolute Gasteiger partial charge is 0.147 e. The van der Waals surface area contributed by atoms with Gasteiger partial charge in [0.25, 0.3) is 0 Å². The first-order valence-electron chi connectivity index (χ1n) is 5.24. The summed E-state index contributed by atoms with van der Waals surface area (Å²) in [5.41, 5.74) is 1.46. The summed E-state index contributed by atoms with van der Waals surface area (Å²) >= 11 is 11.9. The van der Waals surface area contributed by atoms with Gasteiger partial charge in [0.15, 0.2) is 0 Å². The molecule has 2 rings (SSSR count). The van der Waals surface area contributed by atoms with Crippen LogP contribution < -0.4 is 4.74 Å². The molecule has 0 aromatic heterocycles. The van der Waals surface area contributed by atoms with Crippen molar-refractivity contribution in [3.63, 3.8) is 0 Å². The molecule has 90 valence electrons. The van der Waals surface area contributed by atoms with Crippen molar-refractivity contribution >= 4 is 23.2 Å². The first-order valence-corrected chi connectivity index (χ1v) is 5.99. The van der Waals surface area contributed by atoms with Crippen LogP contribution in [0.3, 0.4) is 0 Å². The molecule has 0 unspecified atom stereocenters. The lowest BCUT2D eigenvalue weighted by Gasteiger charge is -2.10. The summed E-state index contributed by atoms with van der Waals surface area (Å²) in [6.07, 6.45) is 0. The summed E-state index contributed by atoms with van der Waals surface area (Å²) in [5.74, 6) is 0.910. The fraction of sp³-hybridized carbons (Fsp3) is 0.0714. The van der Waals surface area contributed by atoms with Crippen LogP contribution in [-0.4, -0.2) is 0 Å². The number of rotatable bonds is 2. The highest BCUT2D eigenvalue weighted by Crippen LogP contribution is 2.33. The van der Waals surface area contributed by atoms with Gasteiger partial charge in [0, 0.05) is 11.1 Å². The summed E-state index contributed by atoms with van der Waals surface area (Å²) in [5, 5.41) is 10.00. The highest BCUT2D eigenvalue weighted by molar-refractivity contribution is 6.34. The monoisotopic (exact) mass is 277 g/mol. The van der Waals surface area contributed by atoms with E-state index in [9.17, 15) is 0 Å². The average molecular weight is 278 g/mol. The topological polar surface area (TPSA) is 33.0 Å². The van der Waals surface area contributed by atoms with E-state index in [1.807, 2.05) is 13.0 Å². The molecule has 0 amide bonds. The van der Waals surface area contributed by atoms with E-state index >= 15 is 0 Å². The van der Waals surface area contributed by atoms with Gasteiger partial charge >= 0.3 is 0 Å². The summed E-state index contributed by atoms with van der Waals surface area (Å²) in [4.78, 5) is 0. The zero-order chi connectivity index (χ0) is 13.1. The molecule has 0 fully saturated rings. The Hall–Kier alpha value is -1.69. The van der Waals surface area contributed by atoms with Gasteiger partial charge in [-0.2, -0.15) is 5.26 Å². The summed E-state index contributed by atoms with van der Waals surface area (Å²) in [7, 11) is 0. The zero-order valence-electron chi connectivity index (χ0n) is 9.58. The van der Waals surface area contributed by atoms with Gasteiger partial charge in [0.1, 0.15) is 17.6 Å².